The molecule has 0 unspecified atom stereocenters. The second-order valence-electron chi connectivity index (χ2n) is 4.09. The summed E-state index contributed by atoms with van der Waals surface area (Å²) in [6.07, 6.45) is 0. The van der Waals surface area contributed by atoms with Crippen molar-refractivity contribution in [2.24, 2.45) is 0 Å². The van der Waals surface area contributed by atoms with Crippen LogP contribution < -0.4 is 11.1 Å². The van der Waals surface area contributed by atoms with E-state index in [0.717, 1.165) is 0 Å². The summed E-state index contributed by atoms with van der Waals surface area (Å²) in [4.78, 5) is 11.7. The molecule has 0 fully saturated rings. The number of nitrogens with zero attached hydrogens (tertiary/aromatic N) is 2. The fourth-order valence-electron chi connectivity index (χ4n) is 1.61. The number of anilines is 2. The number of nitrogens with one attached hydrogen (secondary N) is 1. The van der Waals surface area contributed by atoms with E-state index in [9.17, 15) is 13.2 Å². The number of nitrogens with two attached hydrogens (primary N) is 1. The van der Waals surface area contributed by atoms with E-state index in [1.165, 1.54) is 11.8 Å². The molecule has 0 aliphatic rings. The predicted octanol–water partition coefficient (Wildman–Crippen LogP) is 0.118. The van der Waals surface area contributed by atoms with Crippen LogP contribution >= 0.6 is 0 Å². The standard InChI is InChI=1S/C11H20N4O4S/c1-4-13-10-8(11(16)19-3)9(12)15(14-10)6-7-20(17,18)5-2/h4-7,12H2,1-3H3,(H,13,14). The number of carbonyl (C=O) groups is 1. The Labute approximate surface area is 118 Å². The lowest BCUT2D eigenvalue weighted by Crippen LogP contribution is -2.17. The predicted molar refractivity (Wildman–Crippen MR) is 76.5 cm³/mol. The first-order chi connectivity index (χ1) is 9.36. The van der Waals surface area contributed by atoms with Crippen molar-refractivity contribution in [3.8, 4) is 0 Å². The molecule has 3 N–H and O–H groups in total. The van der Waals surface area contributed by atoms with Crippen molar-refractivity contribution in [1.82, 2.24) is 9.78 Å². The monoisotopic (exact) mass is 304 g/mol. The van der Waals surface area contributed by atoms with Gasteiger partial charge < -0.3 is 15.8 Å². The van der Waals surface area contributed by atoms with Crippen molar-refractivity contribution in [3.05, 3.63) is 5.56 Å². The number of rotatable bonds is 7. The molecule has 8 nitrogen and oxygen atoms in total. The SMILES string of the molecule is CCNc1nn(CCS(=O)(=O)CC)c(N)c1C(=O)OC. The highest BCUT2D eigenvalue weighted by atomic mass is 32.2. The van der Waals surface area contributed by atoms with E-state index >= 15 is 0 Å². The van der Waals surface area contributed by atoms with Crippen LogP contribution in [0, 0.1) is 0 Å². The zero-order valence-corrected chi connectivity index (χ0v) is 12.7. The fourth-order valence-corrected chi connectivity index (χ4v) is 2.35. The van der Waals surface area contributed by atoms with E-state index in [0.29, 0.717) is 12.4 Å². The summed E-state index contributed by atoms with van der Waals surface area (Å²) in [5.41, 5.74) is 5.97. The summed E-state index contributed by atoms with van der Waals surface area (Å²) < 4.78 is 29.0. The lowest BCUT2D eigenvalue weighted by atomic mass is 10.3. The van der Waals surface area contributed by atoms with Gasteiger partial charge >= 0.3 is 5.97 Å². The van der Waals surface area contributed by atoms with Crippen LogP contribution in [0.4, 0.5) is 11.6 Å². The quantitative estimate of drug-likeness (QED) is 0.687. The summed E-state index contributed by atoms with van der Waals surface area (Å²) in [7, 11) is -1.88. The van der Waals surface area contributed by atoms with E-state index in [1.54, 1.807) is 6.92 Å². The number of nitrogen functional groups attached to an aromatic ring is 1. The Hall–Kier alpha value is -1.77. The Bertz CT molecular complexity index is 579. The van der Waals surface area contributed by atoms with Crippen LogP contribution in [0.2, 0.25) is 0 Å². The normalized spacial score (nSPS) is 11.3. The molecule has 0 bridgehead atoms. The van der Waals surface area contributed by atoms with Gasteiger partial charge in [-0.05, 0) is 6.92 Å². The molecule has 0 aliphatic heterocycles. The molecule has 0 saturated heterocycles. The smallest absolute Gasteiger partial charge is 0.345 e. The molecular formula is C11H20N4O4S. The van der Waals surface area contributed by atoms with Gasteiger partial charge in [-0.25, -0.2) is 17.9 Å². The molecule has 1 rings (SSSR count). The summed E-state index contributed by atoms with van der Waals surface area (Å²) in [6.45, 7) is 4.06. The lowest BCUT2D eigenvalue weighted by Gasteiger charge is -2.04. The van der Waals surface area contributed by atoms with Crippen molar-refractivity contribution < 1.29 is 17.9 Å². The first-order valence-electron chi connectivity index (χ1n) is 6.25. The second kappa shape index (κ2) is 6.60. The van der Waals surface area contributed by atoms with Gasteiger partial charge in [-0.2, -0.15) is 5.10 Å². The molecule has 0 aromatic carbocycles. The Morgan fingerprint density at radius 3 is 2.60 bits per heavy atom. The van der Waals surface area contributed by atoms with Gasteiger partial charge in [0, 0.05) is 12.3 Å². The molecule has 0 spiro atoms. The number of aryl methyl sites for hydroxylation is 1. The van der Waals surface area contributed by atoms with E-state index in [-0.39, 0.29) is 29.4 Å². The number of methoxy groups -OCH3 is 1. The minimum absolute atomic E-state index is 0.0537. The van der Waals surface area contributed by atoms with Gasteiger partial charge in [-0.1, -0.05) is 6.92 Å². The number of sulfone groups is 1. The van der Waals surface area contributed by atoms with Gasteiger partial charge in [0.05, 0.1) is 19.4 Å². The van der Waals surface area contributed by atoms with Crippen LogP contribution in [-0.2, 0) is 21.1 Å². The highest BCUT2D eigenvalue weighted by Crippen LogP contribution is 2.22. The molecule has 0 saturated carbocycles. The largest absolute Gasteiger partial charge is 0.465 e. The Morgan fingerprint density at radius 2 is 2.10 bits per heavy atom. The average molecular weight is 304 g/mol. The number of carbonyl (C=O) groups excluding carboxylic acids is 1. The minimum Gasteiger partial charge on any atom is -0.465 e. The van der Waals surface area contributed by atoms with Gasteiger partial charge in [0.2, 0.25) is 0 Å². The second-order valence-corrected chi connectivity index (χ2v) is 6.56. The topological polar surface area (TPSA) is 116 Å². The molecule has 0 radical (unpaired) electrons. The van der Waals surface area contributed by atoms with Crippen LogP contribution in [0.1, 0.15) is 24.2 Å². The average Bonchev–Trinajstić information content (AvgIpc) is 2.73. The van der Waals surface area contributed by atoms with Crippen molar-refractivity contribution in [2.45, 2.75) is 20.4 Å². The molecule has 0 atom stereocenters. The summed E-state index contributed by atoms with van der Waals surface area (Å²) in [5, 5.41) is 7.02. The van der Waals surface area contributed by atoms with Gasteiger partial charge in [-0.15, -0.1) is 0 Å². The number of hydrogen-bond acceptors (Lipinski definition) is 7. The van der Waals surface area contributed by atoms with E-state index in [1.807, 2.05) is 6.92 Å². The Balaban J connectivity index is 3.07. The summed E-state index contributed by atoms with van der Waals surface area (Å²) in [6, 6.07) is 0. The van der Waals surface area contributed by atoms with Crippen molar-refractivity contribution in [3.63, 3.8) is 0 Å². The Morgan fingerprint density at radius 1 is 1.45 bits per heavy atom. The van der Waals surface area contributed by atoms with Crippen molar-refractivity contribution in [2.75, 3.05) is 36.2 Å². The maximum Gasteiger partial charge on any atom is 0.345 e. The lowest BCUT2D eigenvalue weighted by molar-refractivity contribution is 0.0603. The van der Waals surface area contributed by atoms with Gasteiger partial charge in [0.25, 0.3) is 0 Å². The van der Waals surface area contributed by atoms with E-state index in [4.69, 9.17) is 5.73 Å². The molecule has 0 aliphatic carbocycles. The molecule has 0 amide bonds. The van der Waals surface area contributed by atoms with Crippen molar-refractivity contribution in [1.29, 1.82) is 0 Å². The molecule has 1 aromatic rings. The van der Waals surface area contributed by atoms with Gasteiger partial charge in [-0.3, -0.25) is 0 Å². The first-order valence-corrected chi connectivity index (χ1v) is 8.07. The number of hydrogen-bond donors (Lipinski definition) is 2. The molecule has 1 aromatic heterocycles. The van der Waals surface area contributed by atoms with E-state index < -0.39 is 15.8 Å². The molecule has 20 heavy (non-hydrogen) atoms. The van der Waals surface area contributed by atoms with Crippen LogP contribution in [0.5, 0.6) is 0 Å². The van der Waals surface area contributed by atoms with Crippen LogP contribution in [-0.4, -0.2) is 49.3 Å². The first kappa shape index (κ1) is 16.3. The number of esters is 1. The minimum atomic E-state index is -3.13. The summed E-state index contributed by atoms with van der Waals surface area (Å²) >= 11 is 0. The van der Waals surface area contributed by atoms with Crippen LogP contribution in [0.15, 0.2) is 0 Å². The number of aromatic nitrogens is 2. The third-order valence-electron chi connectivity index (χ3n) is 2.78. The third-order valence-corrected chi connectivity index (χ3v) is 4.46. The van der Waals surface area contributed by atoms with Crippen LogP contribution in [0.3, 0.4) is 0 Å². The molecule has 9 heteroatoms. The van der Waals surface area contributed by atoms with Crippen molar-refractivity contribution >= 4 is 27.4 Å². The fraction of sp³-hybridized carbons (Fsp3) is 0.636. The third kappa shape index (κ3) is 3.62. The summed E-state index contributed by atoms with van der Waals surface area (Å²) in [5.74, 6) is -0.243. The maximum absolute atomic E-state index is 11.7. The highest BCUT2D eigenvalue weighted by Gasteiger charge is 2.23. The molecule has 1 heterocycles. The maximum atomic E-state index is 11.7. The van der Waals surface area contributed by atoms with Gasteiger partial charge in [0.1, 0.15) is 11.4 Å². The number of ether oxygens (including phenoxy) is 1. The van der Waals surface area contributed by atoms with E-state index in [2.05, 4.69) is 15.2 Å². The zero-order chi connectivity index (χ0) is 15.3. The van der Waals surface area contributed by atoms with Crippen LogP contribution in [0.25, 0.3) is 0 Å². The molecule has 114 valence electrons. The Kier molecular flexibility index (Phi) is 5.37. The molecular weight excluding hydrogens is 284 g/mol. The highest BCUT2D eigenvalue weighted by molar-refractivity contribution is 7.91. The van der Waals surface area contributed by atoms with Gasteiger partial charge in [0.15, 0.2) is 15.7 Å². The zero-order valence-electron chi connectivity index (χ0n) is 11.8.